The molecule has 0 radical (unpaired) electrons. The summed E-state index contributed by atoms with van der Waals surface area (Å²) >= 11 is 0. The Balaban J connectivity index is 1.96. The molecule has 0 aromatic heterocycles. The molecule has 23 heavy (non-hydrogen) atoms. The zero-order chi connectivity index (χ0) is 16.5. The van der Waals surface area contributed by atoms with E-state index in [1.807, 2.05) is 6.07 Å². The summed E-state index contributed by atoms with van der Waals surface area (Å²) < 4.78 is 10.7. The van der Waals surface area contributed by atoms with Crippen LogP contribution in [0.3, 0.4) is 0 Å². The number of para-hydroxylation sites is 1. The molecule has 4 nitrogen and oxygen atoms in total. The largest absolute Gasteiger partial charge is 0.493 e. The van der Waals surface area contributed by atoms with Crippen LogP contribution in [0.1, 0.15) is 40.5 Å². The van der Waals surface area contributed by atoms with Crippen molar-refractivity contribution >= 4 is 11.8 Å². The highest BCUT2D eigenvalue weighted by Gasteiger charge is 2.15. The van der Waals surface area contributed by atoms with E-state index in [2.05, 4.69) is 6.92 Å². The highest BCUT2D eigenvalue weighted by molar-refractivity contribution is 5.99. The van der Waals surface area contributed by atoms with Crippen molar-refractivity contribution in [2.75, 3.05) is 13.2 Å². The molecular formula is C19H20O4. The van der Waals surface area contributed by atoms with Crippen molar-refractivity contribution in [1.82, 2.24) is 0 Å². The SMILES string of the molecule is CCCCOc1ccccc1C(=O)OCC(=O)c1ccccc1. The van der Waals surface area contributed by atoms with Crippen LogP contribution >= 0.6 is 0 Å². The molecule has 120 valence electrons. The quantitative estimate of drug-likeness (QED) is 0.421. The van der Waals surface area contributed by atoms with Crippen molar-refractivity contribution in [2.45, 2.75) is 19.8 Å². The van der Waals surface area contributed by atoms with Gasteiger partial charge in [-0.1, -0.05) is 55.8 Å². The third kappa shape index (κ3) is 4.95. The van der Waals surface area contributed by atoms with Crippen LogP contribution in [0.5, 0.6) is 5.75 Å². The first kappa shape index (κ1) is 16.7. The molecule has 0 aliphatic rings. The fraction of sp³-hybridized carbons (Fsp3) is 0.263. The van der Waals surface area contributed by atoms with Crippen molar-refractivity contribution in [2.24, 2.45) is 0 Å². The van der Waals surface area contributed by atoms with E-state index in [1.54, 1.807) is 48.5 Å². The van der Waals surface area contributed by atoms with Gasteiger partial charge in [-0.2, -0.15) is 0 Å². The third-order valence-electron chi connectivity index (χ3n) is 3.29. The number of esters is 1. The Labute approximate surface area is 136 Å². The van der Waals surface area contributed by atoms with E-state index in [1.165, 1.54) is 0 Å². The van der Waals surface area contributed by atoms with Crippen molar-refractivity contribution in [3.63, 3.8) is 0 Å². The summed E-state index contributed by atoms with van der Waals surface area (Å²) in [6, 6.07) is 15.7. The van der Waals surface area contributed by atoms with Crippen LogP contribution in [0, 0.1) is 0 Å². The Hall–Kier alpha value is -2.62. The van der Waals surface area contributed by atoms with Gasteiger partial charge in [-0.3, -0.25) is 4.79 Å². The number of benzene rings is 2. The van der Waals surface area contributed by atoms with E-state index in [9.17, 15) is 9.59 Å². The molecule has 2 aromatic rings. The highest BCUT2D eigenvalue weighted by Crippen LogP contribution is 2.19. The van der Waals surface area contributed by atoms with Gasteiger partial charge < -0.3 is 9.47 Å². The molecular weight excluding hydrogens is 292 g/mol. The molecule has 2 rings (SSSR count). The van der Waals surface area contributed by atoms with Crippen molar-refractivity contribution in [3.05, 3.63) is 65.7 Å². The average molecular weight is 312 g/mol. The number of ether oxygens (including phenoxy) is 2. The first-order chi connectivity index (χ1) is 11.2. The molecule has 0 amide bonds. The summed E-state index contributed by atoms with van der Waals surface area (Å²) in [5.74, 6) is -0.303. The van der Waals surface area contributed by atoms with Gasteiger partial charge in [-0.05, 0) is 18.6 Å². The number of carbonyl (C=O) groups is 2. The van der Waals surface area contributed by atoms with Crippen LogP contribution in [0.2, 0.25) is 0 Å². The molecule has 0 aliphatic heterocycles. The van der Waals surface area contributed by atoms with Crippen molar-refractivity contribution < 1.29 is 19.1 Å². The predicted molar refractivity (Wildman–Crippen MR) is 87.9 cm³/mol. The summed E-state index contributed by atoms with van der Waals surface area (Å²) in [5.41, 5.74) is 0.859. The minimum absolute atomic E-state index is 0.233. The topological polar surface area (TPSA) is 52.6 Å². The molecule has 0 heterocycles. The van der Waals surface area contributed by atoms with Crippen molar-refractivity contribution in [1.29, 1.82) is 0 Å². The molecule has 0 atom stereocenters. The standard InChI is InChI=1S/C19H20O4/c1-2-3-13-22-18-12-8-7-11-16(18)19(21)23-14-17(20)15-9-5-4-6-10-15/h4-12H,2-3,13-14H2,1H3. The normalized spacial score (nSPS) is 10.1. The van der Waals surface area contributed by atoms with Crippen molar-refractivity contribution in [3.8, 4) is 5.75 Å². The van der Waals surface area contributed by atoms with E-state index in [0.29, 0.717) is 23.5 Å². The van der Waals surface area contributed by atoms with Crippen LogP contribution in [0.25, 0.3) is 0 Å². The molecule has 0 saturated heterocycles. The number of hydrogen-bond acceptors (Lipinski definition) is 4. The minimum atomic E-state index is -0.554. The Bertz CT molecular complexity index is 649. The van der Waals surface area contributed by atoms with Crippen LogP contribution in [-0.2, 0) is 4.74 Å². The maximum atomic E-state index is 12.2. The lowest BCUT2D eigenvalue weighted by Gasteiger charge is -2.10. The van der Waals surface area contributed by atoms with Crippen LogP contribution in [-0.4, -0.2) is 25.0 Å². The molecule has 0 bridgehead atoms. The number of carbonyl (C=O) groups excluding carboxylic acids is 2. The smallest absolute Gasteiger partial charge is 0.342 e. The molecule has 0 fully saturated rings. The average Bonchev–Trinajstić information content (AvgIpc) is 2.61. The number of hydrogen-bond donors (Lipinski definition) is 0. The number of unbranched alkanes of at least 4 members (excludes halogenated alkanes) is 1. The van der Waals surface area contributed by atoms with E-state index < -0.39 is 5.97 Å². The van der Waals surface area contributed by atoms with E-state index >= 15 is 0 Å². The summed E-state index contributed by atoms with van der Waals surface area (Å²) in [6.07, 6.45) is 1.92. The maximum Gasteiger partial charge on any atom is 0.342 e. The van der Waals surface area contributed by atoms with Gasteiger partial charge in [0, 0.05) is 5.56 Å². The van der Waals surface area contributed by atoms with E-state index in [-0.39, 0.29) is 12.4 Å². The third-order valence-corrected chi connectivity index (χ3v) is 3.29. The summed E-state index contributed by atoms with van der Waals surface area (Å²) in [5, 5.41) is 0. The van der Waals surface area contributed by atoms with Gasteiger partial charge in [0.1, 0.15) is 11.3 Å². The fourth-order valence-corrected chi connectivity index (χ4v) is 2.00. The summed E-state index contributed by atoms with van der Waals surface area (Å²) in [4.78, 5) is 24.1. The van der Waals surface area contributed by atoms with E-state index in [4.69, 9.17) is 9.47 Å². The summed E-state index contributed by atoms with van der Waals surface area (Å²) in [6.45, 7) is 2.33. The van der Waals surface area contributed by atoms with Crippen LogP contribution in [0.4, 0.5) is 0 Å². The van der Waals surface area contributed by atoms with Gasteiger partial charge in [0.25, 0.3) is 0 Å². The zero-order valence-electron chi connectivity index (χ0n) is 13.2. The molecule has 0 N–H and O–H groups in total. The first-order valence-electron chi connectivity index (χ1n) is 7.69. The Morgan fingerprint density at radius 2 is 1.65 bits per heavy atom. The van der Waals surface area contributed by atoms with Gasteiger partial charge in [0.2, 0.25) is 0 Å². The highest BCUT2D eigenvalue weighted by atomic mass is 16.5. The molecule has 2 aromatic carbocycles. The Morgan fingerprint density at radius 3 is 2.39 bits per heavy atom. The molecule has 0 saturated carbocycles. The second kappa shape index (κ2) is 8.73. The first-order valence-corrected chi connectivity index (χ1v) is 7.69. The van der Waals surface area contributed by atoms with Gasteiger partial charge in [0.05, 0.1) is 6.61 Å². The lowest BCUT2D eigenvalue weighted by Crippen LogP contribution is -2.15. The molecule has 0 unspecified atom stereocenters. The lowest BCUT2D eigenvalue weighted by molar-refractivity contribution is 0.0470. The monoisotopic (exact) mass is 312 g/mol. The number of Topliss-reactive ketones (excluding diaryl/α,β-unsaturated/α-hetero) is 1. The van der Waals surface area contributed by atoms with Gasteiger partial charge in [-0.15, -0.1) is 0 Å². The molecule has 0 aliphatic carbocycles. The van der Waals surface area contributed by atoms with Gasteiger partial charge in [-0.25, -0.2) is 4.79 Å². The summed E-state index contributed by atoms with van der Waals surface area (Å²) in [7, 11) is 0. The van der Waals surface area contributed by atoms with Gasteiger partial charge >= 0.3 is 5.97 Å². The van der Waals surface area contributed by atoms with Crippen LogP contribution in [0.15, 0.2) is 54.6 Å². The minimum Gasteiger partial charge on any atom is -0.493 e. The lowest BCUT2D eigenvalue weighted by atomic mass is 10.1. The second-order valence-corrected chi connectivity index (χ2v) is 5.06. The van der Waals surface area contributed by atoms with Crippen LogP contribution < -0.4 is 4.74 Å². The van der Waals surface area contributed by atoms with E-state index in [0.717, 1.165) is 12.8 Å². The second-order valence-electron chi connectivity index (χ2n) is 5.06. The Kier molecular flexibility index (Phi) is 6.36. The predicted octanol–water partition coefficient (Wildman–Crippen LogP) is 3.91. The number of ketones is 1. The zero-order valence-corrected chi connectivity index (χ0v) is 13.2. The number of rotatable bonds is 8. The maximum absolute atomic E-state index is 12.2. The molecule has 4 heteroatoms. The molecule has 0 spiro atoms. The fourth-order valence-electron chi connectivity index (χ4n) is 2.00. The Morgan fingerprint density at radius 1 is 0.957 bits per heavy atom. The van der Waals surface area contributed by atoms with Gasteiger partial charge in [0.15, 0.2) is 12.4 Å².